The van der Waals surface area contributed by atoms with Crippen molar-refractivity contribution in [2.75, 3.05) is 13.2 Å². The van der Waals surface area contributed by atoms with Gasteiger partial charge in [0.15, 0.2) is 12.4 Å². The van der Waals surface area contributed by atoms with E-state index < -0.39 is 12.0 Å². The number of ketones is 1. The summed E-state index contributed by atoms with van der Waals surface area (Å²) in [6, 6.07) is 6.78. The summed E-state index contributed by atoms with van der Waals surface area (Å²) in [6.07, 6.45) is 1.59. The van der Waals surface area contributed by atoms with Gasteiger partial charge in [-0.15, -0.1) is 0 Å². The van der Waals surface area contributed by atoms with Gasteiger partial charge in [-0.25, -0.2) is 8.78 Å². The number of halogens is 3. The first-order valence-electron chi connectivity index (χ1n) is 9.37. The minimum atomic E-state index is -2.64. The summed E-state index contributed by atoms with van der Waals surface area (Å²) in [5.41, 5.74) is -0.286. The zero-order valence-electron chi connectivity index (χ0n) is 15.3. The predicted octanol–water partition coefficient (Wildman–Crippen LogP) is 3.53. The van der Waals surface area contributed by atoms with Crippen molar-refractivity contribution in [3.05, 3.63) is 29.3 Å². The van der Waals surface area contributed by atoms with Gasteiger partial charge >= 0.3 is 0 Å². The van der Waals surface area contributed by atoms with Crippen LogP contribution >= 0.6 is 11.6 Å². The van der Waals surface area contributed by atoms with Crippen LogP contribution in [0.5, 0.6) is 5.75 Å². The molecule has 0 saturated heterocycles. The summed E-state index contributed by atoms with van der Waals surface area (Å²) in [7, 11) is 0. The average Bonchev–Trinajstić information content (AvgIpc) is 2.54. The lowest BCUT2D eigenvalue weighted by Gasteiger charge is -2.70. The van der Waals surface area contributed by atoms with Crippen LogP contribution in [-0.2, 0) is 14.3 Å². The summed E-state index contributed by atoms with van der Waals surface area (Å²) in [6.45, 7) is -0.175. The van der Waals surface area contributed by atoms with Gasteiger partial charge in [-0.05, 0) is 48.9 Å². The molecule has 0 unspecified atom stereocenters. The molecule has 0 atom stereocenters. The third kappa shape index (κ3) is 4.15. The van der Waals surface area contributed by atoms with E-state index in [2.05, 4.69) is 5.32 Å². The van der Waals surface area contributed by atoms with Gasteiger partial charge < -0.3 is 14.8 Å². The van der Waals surface area contributed by atoms with E-state index in [0.717, 1.165) is 19.3 Å². The van der Waals surface area contributed by atoms with Gasteiger partial charge in [-0.1, -0.05) is 11.6 Å². The van der Waals surface area contributed by atoms with E-state index in [0.29, 0.717) is 17.2 Å². The first-order chi connectivity index (χ1) is 13.2. The summed E-state index contributed by atoms with van der Waals surface area (Å²) in [5.74, 6) is -2.31. The molecule has 4 fully saturated rings. The van der Waals surface area contributed by atoms with Gasteiger partial charge in [0.1, 0.15) is 12.4 Å². The average molecular weight is 414 g/mol. The van der Waals surface area contributed by atoms with Crippen molar-refractivity contribution in [2.24, 2.45) is 5.41 Å². The molecular formula is C20H22ClF2NO4. The van der Waals surface area contributed by atoms with Crippen LogP contribution in [0.2, 0.25) is 5.02 Å². The van der Waals surface area contributed by atoms with Gasteiger partial charge in [-0.2, -0.15) is 0 Å². The maximum Gasteiger partial charge on any atom is 0.258 e. The molecule has 5 rings (SSSR count). The topological polar surface area (TPSA) is 64.6 Å². The Balaban J connectivity index is 1.13. The fourth-order valence-electron chi connectivity index (χ4n) is 4.73. The summed E-state index contributed by atoms with van der Waals surface area (Å²) >= 11 is 5.80. The molecule has 1 amide bonds. The van der Waals surface area contributed by atoms with Crippen molar-refractivity contribution in [2.45, 2.75) is 56.1 Å². The zero-order valence-corrected chi connectivity index (χ0v) is 16.1. The Morgan fingerprint density at radius 3 is 2.36 bits per heavy atom. The molecule has 5 nitrogen and oxygen atoms in total. The second-order valence-corrected chi connectivity index (χ2v) is 8.95. The number of rotatable bonds is 9. The number of nitrogens with one attached hydrogen (secondary N) is 1. The predicted molar refractivity (Wildman–Crippen MR) is 97.6 cm³/mol. The number of hydrogen-bond donors (Lipinski definition) is 1. The maximum atomic E-state index is 12.8. The molecule has 0 radical (unpaired) electrons. The molecule has 0 heterocycles. The van der Waals surface area contributed by atoms with Gasteiger partial charge in [0.2, 0.25) is 0 Å². The summed E-state index contributed by atoms with van der Waals surface area (Å²) in [5, 5.41) is 3.60. The normalized spacial score (nSPS) is 29.8. The summed E-state index contributed by atoms with van der Waals surface area (Å²) < 4.78 is 36.2. The minimum Gasteiger partial charge on any atom is -0.484 e. The van der Waals surface area contributed by atoms with Crippen molar-refractivity contribution in [3.8, 4) is 5.75 Å². The zero-order chi connectivity index (χ0) is 20.0. The van der Waals surface area contributed by atoms with Crippen molar-refractivity contribution < 1.29 is 27.8 Å². The molecule has 4 aliphatic rings. The van der Waals surface area contributed by atoms with E-state index in [1.54, 1.807) is 24.3 Å². The van der Waals surface area contributed by atoms with E-state index >= 15 is 0 Å². The Kier molecular flexibility index (Phi) is 4.86. The number of carbonyl (C=O) groups excluding carboxylic acids is 2. The Morgan fingerprint density at radius 1 is 1.11 bits per heavy atom. The Labute approximate surface area is 166 Å². The number of alkyl halides is 2. The van der Waals surface area contributed by atoms with E-state index in [-0.39, 0.29) is 48.7 Å². The highest BCUT2D eigenvalue weighted by Gasteiger charge is 2.68. The number of Topliss-reactive ketones (excluding diaryl/α,β-unsaturated/α-hetero) is 1. The van der Waals surface area contributed by atoms with Crippen LogP contribution in [0.3, 0.4) is 0 Å². The van der Waals surface area contributed by atoms with E-state index in [4.69, 9.17) is 21.1 Å². The molecule has 28 heavy (non-hydrogen) atoms. The van der Waals surface area contributed by atoms with Gasteiger partial charge in [-0.3, -0.25) is 9.59 Å². The number of amides is 1. The van der Waals surface area contributed by atoms with Crippen molar-refractivity contribution in [1.82, 2.24) is 5.32 Å². The Bertz CT molecular complexity index is 755. The largest absolute Gasteiger partial charge is 0.484 e. The highest BCUT2D eigenvalue weighted by Crippen LogP contribution is 2.69. The highest BCUT2D eigenvalue weighted by molar-refractivity contribution is 6.30. The van der Waals surface area contributed by atoms with Crippen LogP contribution in [0.1, 0.15) is 38.5 Å². The van der Waals surface area contributed by atoms with Gasteiger partial charge in [0.25, 0.3) is 11.8 Å². The third-order valence-electron chi connectivity index (χ3n) is 5.83. The quantitative estimate of drug-likeness (QED) is 0.672. The van der Waals surface area contributed by atoms with Crippen LogP contribution in [0, 0.1) is 5.41 Å². The Morgan fingerprint density at radius 2 is 1.75 bits per heavy atom. The molecule has 1 aromatic rings. The fraction of sp³-hybridized carbons (Fsp3) is 0.600. The lowest BCUT2D eigenvalue weighted by Crippen LogP contribution is -2.75. The first kappa shape index (κ1) is 19.6. The number of carbonyl (C=O) groups is 2. The molecule has 4 saturated carbocycles. The molecule has 0 aromatic heterocycles. The maximum absolute atomic E-state index is 12.8. The number of benzene rings is 1. The van der Waals surface area contributed by atoms with Gasteiger partial charge in [0, 0.05) is 29.8 Å². The highest BCUT2D eigenvalue weighted by atomic mass is 35.5. The van der Waals surface area contributed by atoms with Crippen LogP contribution in [-0.4, -0.2) is 42.5 Å². The van der Waals surface area contributed by atoms with Crippen molar-refractivity contribution in [3.63, 3.8) is 0 Å². The van der Waals surface area contributed by atoms with E-state index in [1.807, 2.05) is 0 Å². The fourth-order valence-corrected chi connectivity index (χ4v) is 4.86. The molecule has 1 N–H and O–H groups in total. The molecule has 1 aromatic carbocycles. The summed E-state index contributed by atoms with van der Waals surface area (Å²) in [4.78, 5) is 24.2. The molecule has 4 aliphatic carbocycles. The standard InChI is InChI=1S/C20H22ClF2NO4/c21-13-1-3-15(4-2-13)28-9-17(26)24-19-10-18(11-19,12-19)5-14(25)8-27-16-6-20(22,23)7-16/h1-4,16H,5-12H2,(H,24,26). The van der Waals surface area contributed by atoms with E-state index in [9.17, 15) is 18.4 Å². The number of ether oxygens (including phenoxy) is 2. The minimum absolute atomic E-state index is 0.0547. The van der Waals surface area contributed by atoms with Gasteiger partial charge in [0.05, 0.1) is 6.10 Å². The van der Waals surface area contributed by atoms with Crippen LogP contribution in [0.4, 0.5) is 8.78 Å². The van der Waals surface area contributed by atoms with Crippen LogP contribution < -0.4 is 10.1 Å². The van der Waals surface area contributed by atoms with E-state index in [1.165, 1.54) is 0 Å². The van der Waals surface area contributed by atoms with Crippen molar-refractivity contribution in [1.29, 1.82) is 0 Å². The molecular weight excluding hydrogens is 392 g/mol. The second kappa shape index (κ2) is 6.95. The second-order valence-electron chi connectivity index (χ2n) is 8.51. The molecule has 152 valence electrons. The Hall–Kier alpha value is -1.73. The van der Waals surface area contributed by atoms with Crippen LogP contribution in [0.15, 0.2) is 24.3 Å². The molecule has 8 heteroatoms. The van der Waals surface area contributed by atoms with Crippen molar-refractivity contribution >= 4 is 23.3 Å². The monoisotopic (exact) mass is 413 g/mol. The lowest BCUT2D eigenvalue weighted by atomic mass is 9.38. The third-order valence-corrected chi connectivity index (χ3v) is 6.09. The molecule has 0 aliphatic heterocycles. The lowest BCUT2D eigenvalue weighted by molar-refractivity contribution is -0.183. The SMILES string of the molecule is O=C(COC1CC(F)(F)C1)CC12CC(NC(=O)COc3ccc(Cl)cc3)(C1)C2. The smallest absolute Gasteiger partial charge is 0.258 e. The van der Waals surface area contributed by atoms with Crippen LogP contribution in [0.25, 0.3) is 0 Å². The molecule has 2 bridgehead atoms. The molecule has 0 spiro atoms. The number of hydrogen-bond acceptors (Lipinski definition) is 4. The first-order valence-corrected chi connectivity index (χ1v) is 9.75.